The summed E-state index contributed by atoms with van der Waals surface area (Å²) in [7, 11) is 0. The quantitative estimate of drug-likeness (QED) is 0.657. The van der Waals surface area contributed by atoms with Crippen molar-refractivity contribution in [3.05, 3.63) is 0 Å². The van der Waals surface area contributed by atoms with Crippen molar-refractivity contribution in [2.24, 2.45) is 23.7 Å². The van der Waals surface area contributed by atoms with E-state index in [1.807, 2.05) is 6.92 Å². The molecule has 0 aromatic heterocycles. The first-order valence-electron chi connectivity index (χ1n) is 5.59. The second-order valence-electron chi connectivity index (χ2n) is 4.55. The van der Waals surface area contributed by atoms with Crippen LogP contribution in [0.15, 0.2) is 0 Å². The highest BCUT2D eigenvalue weighted by molar-refractivity contribution is 5.77. The number of hydrogen-bond donors (Lipinski definition) is 2. The number of carbonyl (C=O) groups excluding carboxylic acids is 1. The van der Waals surface area contributed by atoms with Gasteiger partial charge in [-0.25, -0.2) is 0 Å². The molecule has 2 saturated carbocycles. The Balaban J connectivity index is 2.23. The van der Waals surface area contributed by atoms with Crippen LogP contribution in [0, 0.1) is 23.7 Å². The Kier molecular flexibility index (Phi) is 2.99. The van der Waals surface area contributed by atoms with Crippen LogP contribution in [0.2, 0.25) is 0 Å². The fourth-order valence-electron chi connectivity index (χ4n) is 3.32. The van der Waals surface area contributed by atoms with Crippen molar-refractivity contribution in [1.29, 1.82) is 0 Å². The van der Waals surface area contributed by atoms with Gasteiger partial charge in [0.15, 0.2) is 0 Å². The summed E-state index contributed by atoms with van der Waals surface area (Å²) < 4.78 is 5.39. The van der Waals surface area contributed by atoms with E-state index < -0.39 is 30.0 Å². The van der Waals surface area contributed by atoms with Gasteiger partial charge in [0.1, 0.15) is 6.29 Å². The average molecular weight is 228 g/mol. The molecule has 6 unspecified atom stereocenters. The van der Waals surface area contributed by atoms with Crippen LogP contribution in [0.3, 0.4) is 0 Å². The Hall–Kier alpha value is -0.940. The lowest BCUT2D eigenvalue weighted by Gasteiger charge is -2.34. The number of aliphatic carboxylic acids is 1. The van der Waals surface area contributed by atoms with E-state index in [1.165, 1.54) is 0 Å². The smallest absolute Gasteiger partial charge is 0.307 e. The SMILES string of the molecule is CCOC1C(O)C2CC1C(C(=O)O)C2C=O. The molecule has 0 heterocycles. The molecule has 2 N–H and O–H groups in total. The number of ether oxygens (including phenoxy) is 1. The van der Waals surface area contributed by atoms with Gasteiger partial charge in [0.05, 0.1) is 18.1 Å². The molecule has 0 radical (unpaired) electrons. The number of fused-ring (bicyclic) bond motifs is 2. The minimum atomic E-state index is -0.957. The summed E-state index contributed by atoms with van der Waals surface area (Å²) in [5.74, 6) is -2.69. The molecule has 6 atom stereocenters. The van der Waals surface area contributed by atoms with Crippen LogP contribution in [-0.2, 0) is 14.3 Å². The van der Waals surface area contributed by atoms with E-state index in [-0.39, 0.29) is 11.8 Å². The van der Waals surface area contributed by atoms with E-state index in [9.17, 15) is 14.7 Å². The Labute approximate surface area is 93.4 Å². The van der Waals surface area contributed by atoms with Crippen LogP contribution in [-0.4, -0.2) is 41.3 Å². The summed E-state index contributed by atoms with van der Waals surface area (Å²) in [6.45, 7) is 2.26. The Morgan fingerprint density at radius 1 is 1.50 bits per heavy atom. The maximum absolute atomic E-state index is 11.1. The monoisotopic (exact) mass is 228 g/mol. The van der Waals surface area contributed by atoms with E-state index >= 15 is 0 Å². The van der Waals surface area contributed by atoms with E-state index in [1.54, 1.807) is 0 Å². The Morgan fingerprint density at radius 3 is 2.69 bits per heavy atom. The number of carboxylic acid groups (broad SMARTS) is 1. The van der Waals surface area contributed by atoms with Gasteiger partial charge in [-0.1, -0.05) is 0 Å². The number of carbonyl (C=O) groups is 2. The summed E-state index contributed by atoms with van der Waals surface area (Å²) in [4.78, 5) is 22.0. The number of aliphatic hydroxyl groups excluding tert-OH is 1. The molecule has 5 nitrogen and oxygen atoms in total. The zero-order chi connectivity index (χ0) is 11.9. The molecule has 2 aliphatic rings. The maximum Gasteiger partial charge on any atom is 0.307 e. The molecule has 2 aliphatic carbocycles. The summed E-state index contributed by atoms with van der Waals surface area (Å²) in [5.41, 5.74) is 0. The largest absolute Gasteiger partial charge is 0.481 e. The average Bonchev–Trinajstić information content (AvgIpc) is 2.75. The molecule has 2 bridgehead atoms. The topological polar surface area (TPSA) is 83.8 Å². The van der Waals surface area contributed by atoms with Crippen LogP contribution in [0.1, 0.15) is 13.3 Å². The molecular formula is C11H16O5. The third-order valence-electron chi connectivity index (χ3n) is 3.91. The molecule has 0 aliphatic heterocycles. The number of rotatable bonds is 4. The van der Waals surface area contributed by atoms with Gasteiger partial charge in [0.25, 0.3) is 0 Å². The highest BCUT2D eigenvalue weighted by atomic mass is 16.5. The fourth-order valence-corrected chi connectivity index (χ4v) is 3.32. The third kappa shape index (κ3) is 1.46. The van der Waals surface area contributed by atoms with Crippen molar-refractivity contribution in [2.45, 2.75) is 25.6 Å². The molecule has 0 amide bonds. The maximum atomic E-state index is 11.1. The lowest BCUT2D eigenvalue weighted by atomic mass is 9.77. The van der Waals surface area contributed by atoms with Gasteiger partial charge in [-0.15, -0.1) is 0 Å². The zero-order valence-corrected chi connectivity index (χ0v) is 9.07. The van der Waals surface area contributed by atoms with Gasteiger partial charge >= 0.3 is 5.97 Å². The van der Waals surface area contributed by atoms with Gasteiger partial charge < -0.3 is 19.7 Å². The zero-order valence-electron chi connectivity index (χ0n) is 9.07. The van der Waals surface area contributed by atoms with Crippen LogP contribution >= 0.6 is 0 Å². The predicted octanol–water partition coefficient (Wildman–Crippen LogP) is -0.0820. The van der Waals surface area contributed by atoms with Gasteiger partial charge in [0, 0.05) is 18.4 Å². The fraction of sp³-hybridized carbons (Fsp3) is 0.818. The summed E-state index contributed by atoms with van der Waals surface area (Å²) in [6, 6.07) is 0. The third-order valence-corrected chi connectivity index (χ3v) is 3.91. The van der Waals surface area contributed by atoms with Crippen molar-refractivity contribution in [1.82, 2.24) is 0 Å². The first kappa shape index (κ1) is 11.5. The first-order chi connectivity index (χ1) is 7.61. The van der Waals surface area contributed by atoms with Crippen molar-refractivity contribution >= 4 is 12.3 Å². The van der Waals surface area contributed by atoms with Gasteiger partial charge in [-0.05, 0) is 19.3 Å². The molecule has 2 rings (SSSR count). The standard InChI is InChI=1S/C11H16O5/c1-2-16-10-6-3-5(9(10)13)7(4-12)8(6)11(14)15/h4-10,13H,2-3H2,1H3,(H,14,15). The second-order valence-corrected chi connectivity index (χ2v) is 4.55. The van der Waals surface area contributed by atoms with Crippen molar-refractivity contribution in [2.75, 3.05) is 6.61 Å². The van der Waals surface area contributed by atoms with Gasteiger partial charge in [0.2, 0.25) is 0 Å². The van der Waals surface area contributed by atoms with E-state index in [0.29, 0.717) is 19.3 Å². The summed E-state index contributed by atoms with van der Waals surface area (Å²) >= 11 is 0. The molecule has 90 valence electrons. The minimum Gasteiger partial charge on any atom is -0.481 e. The van der Waals surface area contributed by atoms with Crippen LogP contribution in [0.5, 0.6) is 0 Å². The molecular weight excluding hydrogens is 212 g/mol. The molecule has 0 aromatic rings. The van der Waals surface area contributed by atoms with Crippen molar-refractivity contribution < 1.29 is 24.5 Å². The number of carboxylic acids is 1. The minimum absolute atomic E-state index is 0.229. The number of aliphatic hydroxyl groups is 1. The van der Waals surface area contributed by atoms with Crippen LogP contribution < -0.4 is 0 Å². The van der Waals surface area contributed by atoms with E-state index in [2.05, 4.69) is 0 Å². The molecule has 0 spiro atoms. The van der Waals surface area contributed by atoms with E-state index in [0.717, 1.165) is 0 Å². The highest BCUT2D eigenvalue weighted by Gasteiger charge is 2.60. The van der Waals surface area contributed by atoms with Crippen molar-refractivity contribution in [3.63, 3.8) is 0 Å². The van der Waals surface area contributed by atoms with Crippen LogP contribution in [0.25, 0.3) is 0 Å². The lowest BCUT2D eigenvalue weighted by Crippen LogP contribution is -2.46. The molecule has 0 saturated heterocycles. The Morgan fingerprint density at radius 2 is 2.19 bits per heavy atom. The highest BCUT2D eigenvalue weighted by Crippen LogP contribution is 2.52. The second kappa shape index (κ2) is 4.14. The van der Waals surface area contributed by atoms with Gasteiger partial charge in [-0.2, -0.15) is 0 Å². The Bertz CT molecular complexity index is 303. The van der Waals surface area contributed by atoms with Gasteiger partial charge in [-0.3, -0.25) is 4.79 Å². The normalized spacial score (nSPS) is 45.9. The summed E-state index contributed by atoms with van der Waals surface area (Å²) in [6.07, 6.45) is 0.129. The number of hydrogen-bond acceptors (Lipinski definition) is 4. The molecule has 16 heavy (non-hydrogen) atoms. The molecule has 0 aromatic carbocycles. The summed E-state index contributed by atoms with van der Waals surface area (Å²) in [5, 5.41) is 19.0. The van der Waals surface area contributed by atoms with Crippen molar-refractivity contribution in [3.8, 4) is 0 Å². The van der Waals surface area contributed by atoms with E-state index in [4.69, 9.17) is 9.84 Å². The lowest BCUT2D eigenvalue weighted by molar-refractivity contribution is -0.156. The number of aldehydes is 1. The first-order valence-corrected chi connectivity index (χ1v) is 5.59. The molecule has 2 fully saturated rings. The predicted molar refractivity (Wildman–Crippen MR) is 53.7 cm³/mol. The van der Waals surface area contributed by atoms with Crippen LogP contribution in [0.4, 0.5) is 0 Å². The molecule has 5 heteroatoms.